The van der Waals surface area contributed by atoms with E-state index in [-0.39, 0.29) is 12.4 Å². The van der Waals surface area contributed by atoms with Crippen LogP contribution in [0.4, 0.5) is 0 Å². The van der Waals surface area contributed by atoms with Gasteiger partial charge in [0.25, 0.3) is 0 Å². The molecule has 0 saturated carbocycles. The molecule has 0 unspecified atom stereocenters. The number of para-hydroxylation sites is 1. The van der Waals surface area contributed by atoms with E-state index in [4.69, 9.17) is 16.3 Å². The minimum Gasteiger partial charge on any atom is -0.491 e. The number of nitrogens with one attached hydrogen (secondary N) is 1. The van der Waals surface area contributed by atoms with Crippen LogP contribution in [0.5, 0.6) is 5.75 Å². The van der Waals surface area contributed by atoms with Gasteiger partial charge in [0, 0.05) is 18.4 Å². The summed E-state index contributed by atoms with van der Waals surface area (Å²) in [6, 6.07) is 5.51. The molecule has 19 heavy (non-hydrogen) atoms. The van der Waals surface area contributed by atoms with Gasteiger partial charge in [0.15, 0.2) is 9.84 Å². The minimum absolute atomic E-state index is 0.0138. The fourth-order valence-electron chi connectivity index (χ4n) is 1.55. The third kappa shape index (κ3) is 6.27. The molecular formula is C13H20ClNO3S. The van der Waals surface area contributed by atoms with Crippen molar-refractivity contribution < 1.29 is 13.2 Å². The predicted molar refractivity (Wildman–Crippen MR) is 78.7 cm³/mol. The second-order valence-electron chi connectivity index (χ2n) is 4.38. The second-order valence-corrected chi connectivity index (χ2v) is 7.05. The molecule has 0 saturated heterocycles. The van der Waals surface area contributed by atoms with E-state index >= 15 is 0 Å². The van der Waals surface area contributed by atoms with Crippen LogP contribution in [-0.4, -0.2) is 33.6 Å². The Labute approximate surface area is 120 Å². The van der Waals surface area contributed by atoms with E-state index in [1.165, 1.54) is 6.26 Å². The molecule has 1 aromatic rings. The number of halogens is 1. The van der Waals surface area contributed by atoms with Crippen molar-refractivity contribution in [2.24, 2.45) is 0 Å². The van der Waals surface area contributed by atoms with E-state index in [0.29, 0.717) is 17.3 Å². The molecule has 108 valence electrons. The molecule has 1 aromatic carbocycles. The van der Waals surface area contributed by atoms with Gasteiger partial charge in [0.1, 0.15) is 12.4 Å². The minimum atomic E-state index is -3.02. The van der Waals surface area contributed by atoms with Gasteiger partial charge in [-0.05, 0) is 19.0 Å². The molecular weight excluding hydrogens is 286 g/mol. The summed E-state index contributed by atoms with van der Waals surface area (Å²) in [4.78, 5) is 0. The fraction of sp³-hybridized carbons (Fsp3) is 0.538. The monoisotopic (exact) mass is 305 g/mol. The summed E-state index contributed by atoms with van der Waals surface area (Å²) in [6.45, 7) is 3.77. The van der Waals surface area contributed by atoms with Crippen LogP contribution < -0.4 is 10.1 Å². The van der Waals surface area contributed by atoms with Gasteiger partial charge < -0.3 is 10.1 Å². The number of hydrogen-bond acceptors (Lipinski definition) is 4. The molecule has 6 heteroatoms. The lowest BCUT2D eigenvalue weighted by Crippen LogP contribution is -2.16. The molecule has 0 aliphatic carbocycles. The van der Waals surface area contributed by atoms with Crippen LogP contribution in [0, 0.1) is 0 Å². The van der Waals surface area contributed by atoms with Gasteiger partial charge in [-0.15, -0.1) is 0 Å². The van der Waals surface area contributed by atoms with E-state index in [9.17, 15) is 8.42 Å². The van der Waals surface area contributed by atoms with Gasteiger partial charge in [-0.1, -0.05) is 30.7 Å². The zero-order valence-electron chi connectivity index (χ0n) is 11.3. The summed E-state index contributed by atoms with van der Waals surface area (Å²) in [7, 11) is -3.02. The zero-order valence-corrected chi connectivity index (χ0v) is 12.9. The summed E-state index contributed by atoms with van der Waals surface area (Å²) >= 11 is 6.09. The van der Waals surface area contributed by atoms with E-state index in [2.05, 4.69) is 12.2 Å². The number of benzene rings is 1. The van der Waals surface area contributed by atoms with Crippen LogP contribution in [-0.2, 0) is 16.4 Å². The summed E-state index contributed by atoms with van der Waals surface area (Å²) in [5, 5.41) is 3.77. The lowest BCUT2D eigenvalue weighted by atomic mass is 10.2. The molecule has 0 amide bonds. The first-order valence-corrected chi connectivity index (χ1v) is 8.66. The Morgan fingerprint density at radius 1 is 1.37 bits per heavy atom. The maximum Gasteiger partial charge on any atom is 0.150 e. The largest absolute Gasteiger partial charge is 0.491 e. The highest BCUT2D eigenvalue weighted by atomic mass is 35.5. The van der Waals surface area contributed by atoms with Crippen LogP contribution in [0.2, 0.25) is 5.02 Å². The van der Waals surface area contributed by atoms with Crippen LogP contribution in [0.1, 0.15) is 18.9 Å². The van der Waals surface area contributed by atoms with Gasteiger partial charge in [-0.25, -0.2) is 8.42 Å². The first kappa shape index (κ1) is 16.3. The molecule has 4 nitrogen and oxygen atoms in total. The van der Waals surface area contributed by atoms with Crippen molar-refractivity contribution in [2.45, 2.75) is 19.9 Å². The highest BCUT2D eigenvalue weighted by Crippen LogP contribution is 2.28. The maximum atomic E-state index is 11.1. The molecule has 0 spiro atoms. The average Bonchev–Trinajstić information content (AvgIpc) is 2.31. The van der Waals surface area contributed by atoms with Crippen molar-refractivity contribution in [2.75, 3.05) is 25.2 Å². The predicted octanol–water partition coefficient (Wildman–Crippen LogP) is 2.26. The molecule has 0 aliphatic heterocycles. The van der Waals surface area contributed by atoms with Crippen molar-refractivity contribution in [1.82, 2.24) is 5.32 Å². The normalized spacial score (nSPS) is 11.5. The number of ether oxygens (including phenoxy) is 1. The van der Waals surface area contributed by atoms with Gasteiger partial charge in [0.2, 0.25) is 0 Å². The first-order chi connectivity index (χ1) is 8.94. The third-order valence-corrected chi connectivity index (χ3v) is 3.70. The standard InChI is InChI=1S/C13H20ClNO3S/c1-3-7-15-10-11-5-4-6-12(14)13(11)18-8-9-19(2,16)17/h4-6,15H,3,7-10H2,1-2H3. The molecule has 0 aromatic heterocycles. The van der Waals surface area contributed by atoms with Crippen molar-refractivity contribution in [1.29, 1.82) is 0 Å². The zero-order chi connectivity index (χ0) is 14.3. The third-order valence-electron chi connectivity index (χ3n) is 2.49. The van der Waals surface area contributed by atoms with E-state index < -0.39 is 9.84 Å². The molecule has 0 aliphatic rings. The first-order valence-electron chi connectivity index (χ1n) is 6.22. The number of sulfone groups is 1. The van der Waals surface area contributed by atoms with Crippen molar-refractivity contribution in [3.63, 3.8) is 0 Å². The summed E-state index contributed by atoms with van der Waals surface area (Å²) < 4.78 is 27.7. The van der Waals surface area contributed by atoms with E-state index in [1.54, 1.807) is 6.07 Å². The van der Waals surface area contributed by atoms with Crippen molar-refractivity contribution >= 4 is 21.4 Å². The van der Waals surface area contributed by atoms with Crippen molar-refractivity contribution in [3.8, 4) is 5.75 Å². The van der Waals surface area contributed by atoms with E-state index in [0.717, 1.165) is 18.5 Å². The van der Waals surface area contributed by atoms with Crippen LogP contribution >= 0.6 is 11.6 Å². The molecule has 1 rings (SSSR count). The Balaban J connectivity index is 2.68. The van der Waals surface area contributed by atoms with Gasteiger partial charge >= 0.3 is 0 Å². The molecule has 0 fully saturated rings. The highest BCUT2D eigenvalue weighted by molar-refractivity contribution is 7.90. The lowest BCUT2D eigenvalue weighted by Gasteiger charge is -2.13. The topological polar surface area (TPSA) is 55.4 Å². The Morgan fingerprint density at radius 3 is 2.74 bits per heavy atom. The number of rotatable bonds is 8. The molecule has 0 bridgehead atoms. The molecule has 0 radical (unpaired) electrons. The smallest absolute Gasteiger partial charge is 0.150 e. The average molecular weight is 306 g/mol. The molecule has 0 heterocycles. The highest BCUT2D eigenvalue weighted by Gasteiger charge is 2.10. The molecule has 1 N–H and O–H groups in total. The van der Waals surface area contributed by atoms with Crippen molar-refractivity contribution in [3.05, 3.63) is 28.8 Å². The Hall–Kier alpha value is -0.780. The Bertz CT molecular complexity index is 503. The molecule has 0 atom stereocenters. The second kappa shape index (κ2) is 7.72. The van der Waals surface area contributed by atoms with Crippen LogP contribution in [0.15, 0.2) is 18.2 Å². The Morgan fingerprint density at radius 2 is 2.11 bits per heavy atom. The van der Waals surface area contributed by atoms with Crippen LogP contribution in [0.25, 0.3) is 0 Å². The SMILES string of the molecule is CCCNCc1cccc(Cl)c1OCCS(C)(=O)=O. The Kier molecular flexibility index (Phi) is 6.62. The van der Waals surface area contributed by atoms with Gasteiger partial charge in [0.05, 0.1) is 10.8 Å². The van der Waals surface area contributed by atoms with E-state index in [1.807, 2.05) is 12.1 Å². The summed E-state index contributed by atoms with van der Waals surface area (Å²) in [5.74, 6) is 0.552. The maximum absolute atomic E-state index is 11.1. The lowest BCUT2D eigenvalue weighted by molar-refractivity contribution is 0.336. The quantitative estimate of drug-likeness (QED) is 0.749. The summed E-state index contributed by atoms with van der Waals surface area (Å²) in [5.41, 5.74) is 0.939. The van der Waals surface area contributed by atoms with Gasteiger partial charge in [-0.3, -0.25) is 0 Å². The fourth-order valence-corrected chi connectivity index (χ4v) is 2.18. The summed E-state index contributed by atoms with van der Waals surface area (Å²) in [6.07, 6.45) is 2.23. The van der Waals surface area contributed by atoms with Gasteiger partial charge in [-0.2, -0.15) is 0 Å². The number of hydrogen-bond donors (Lipinski definition) is 1. The van der Waals surface area contributed by atoms with Crippen LogP contribution in [0.3, 0.4) is 0 Å².